The minimum Gasteiger partial charge on any atom is -0.355 e. The Morgan fingerprint density at radius 2 is 2.00 bits per heavy atom. The van der Waals surface area contributed by atoms with Gasteiger partial charge in [-0.05, 0) is 12.0 Å². The third-order valence-electron chi connectivity index (χ3n) is 4.35. The SMILES string of the molecule is O=C(CSc1ncnc2nc(N3CCSCC3)sc12)NCCc1ccccc1. The first-order chi connectivity index (χ1) is 13.8. The van der Waals surface area contributed by atoms with Gasteiger partial charge in [0.1, 0.15) is 16.1 Å². The number of rotatable bonds is 7. The molecule has 2 aromatic heterocycles. The first kappa shape index (κ1) is 19.5. The Balaban J connectivity index is 1.33. The monoisotopic (exact) mass is 431 g/mol. The van der Waals surface area contributed by atoms with Crippen LogP contribution in [0.4, 0.5) is 5.13 Å². The van der Waals surface area contributed by atoms with Crippen molar-refractivity contribution in [2.24, 2.45) is 0 Å². The predicted molar refractivity (Wildman–Crippen MR) is 119 cm³/mol. The maximum Gasteiger partial charge on any atom is 0.230 e. The Morgan fingerprint density at radius 1 is 1.18 bits per heavy atom. The third-order valence-corrected chi connectivity index (χ3v) is 7.52. The van der Waals surface area contributed by atoms with Gasteiger partial charge in [-0.25, -0.2) is 9.97 Å². The number of anilines is 1. The van der Waals surface area contributed by atoms with E-state index in [0.717, 1.165) is 51.5 Å². The maximum atomic E-state index is 12.2. The Morgan fingerprint density at radius 3 is 2.82 bits per heavy atom. The lowest BCUT2D eigenvalue weighted by molar-refractivity contribution is -0.118. The zero-order valence-electron chi connectivity index (χ0n) is 15.3. The average molecular weight is 432 g/mol. The Hall–Kier alpha value is -1.84. The quantitative estimate of drug-likeness (QED) is 0.455. The van der Waals surface area contributed by atoms with E-state index in [-0.39, 0.29) is 5.91 Å². The van der Waals surface area contributed by atoms with Gasteiger partial charge in [0.2, 0.25) is 5.91 Å². The number of amides is 1. The molecule has 0 aliphatic carbocycles. The van der Waals surface area contributed by atoms with E-state index in [1.807, 2.05) is 30.0 Å². The number of thiazole rings is 1. The molecule has 6 nitrogen and oxygen atoms in total. The van der Waals surface area contributed by atoms with Crippen LogP contribution in [0.15, 0.2) is 41.7 Å². The summed E-state index contributed by atoms with van der Waals surface area (Å²) < 4.78 is 0.970. The molecule has 9 heteroatoms. The van der Waals surface area contributed by atoms with Gasteiger partial charge in [0.25, 0.3) is 0 Å². The topological polar surface area (TPSA) is 71.0 Å². The summed E-state index contributed by atoms with van der Waals surface area (Å²) >= 11 is 5.05. The summed E-state index contributed by atoms with van der Waals surface area (Å²) in [6, 6.07) is 10.2. The van der Waals surface area contributed by atoms with Gasteiger partial charge in [-0.3, -0.25) is 4.79 Å². The minimum atomic E-state index is 0.0190. The molecule has 1 saturated heterocycles. The van der Waals surface area contributed by atoms with Crippen molar-refractivity contribution in [1.82, 2.24) is 20.3 Å². The van der Waals surface area contributed by atoms with Crippen molar-refractivity contribution in [2.45, 2.75) is 11.4 Å². The zero-order valence-corrected chi connectivity index (χ0v) is 17.8. The first-order valence-electron chi connectivity index (χ1n) is 9.17. The second-order valence-corrected chi connectivity index (χ2v) is 9.47. The van der Waals surface area contributed by atoms with Crippen molar-refractivity contribution in [3.05, 3.63) is 42.2 Å². The second-order valence-electron chi connectivity index (χ2n) is 6.30. The van der Waals surface area contributed by atoms with Gasteiger partial charge >= 0.3 is 0 Å². The number of carbonyl (C=O) groups is 1. The van der Waals surface area contributed by atoms with E-state index >= 15 is 0 Å². The van der Waals surface area contributed by atoms with Crippen LogP contribution in [-0.4, -0.2) is 57.8 Å². The summed E-state index contributed by atoms with van der Waals surface area (Å²) in [5.74, 6) is 2.62. The van der Waals surface area contributed by atoms with Crippen LogP contribution in [0.25, 0.3) is 10.3 Å². The minimum absolute atomic E-state index is 0.0190. The van der Waals surface area contributed by atoms with Gasteiger partial charge in [0.05, 0.1) is 5.75 Å². The van der Waals surface area contributed by atoms with E-state index in [1.54, 1.807) is 11.3 Å². The van der Waals surface area contributed by atoms with Crippen LogP contribution in [0.2, 0.25) is 0 Å². The predicted octanol–water partition coefficient (Wildman–Crippen LogP) is 3.09. The highest BCUT2D eigenvalue weighted by Crippen LogP contribution is 2.34. The maximum absolute atomic E-state index is 12.2. The summed E-state index contributed by atoms with van der Waals surface area (Å²) in [5, 5.41) is 4.82. The molecular formula is C19H21N5OS3. The van der Waals surface area contributed by atoms with E-state index in [4.69, 9.17) is 0 Å². The lowest BCUT2D eigenvalue weighted by Gasteiger charge is -2.25. The fourth-order valence-corrected chi connectivity index (χ4v) is 5.77. The van der Waals surface area contributed by atoms with Gasteiger partial charge < -0.3 is 10.2 Å². The standard InChI is InChI=1S/C19H21N5OS3/c25-15(20-7-6-14-4-2-1-3-5-14)12-27-18-16-17(21-13-22-18)23-19(28-16)24-8-10-26-11-9-24/h1-5,13H,6-12H2,(H,20,25). The molecule has 4 rings (SSSR count). The summed E-state index contributed by atoms with van der Waals surface area (Å²) in [4.78, 5) is 27.9. The fourth-order valence-electron chi connectivity index (χ4n) is 2.89. The molecular weight excluding hydrogens is 410 g/mol. The molecule has 1 aliphatic rings. The summed E-state index contributed by atoms with van der Waals surface area (Å²) in [6.45, 7) is 2.68. The highest BCUT2D eigenvalue weighted by molar-refractivity contribution is 8.00. The number of aromatic nitrogens is 3. The molecule has 0 bridgehead atoms. The van der Waals surface area contributed by atoms with Gasteiger partial charge in [-0.15, -0.1) is 0 Å². The molecule has 0 unspecified atom stereocenters. The van der Waals surface area contributed by atoms with Crippen LogP contribution < -0.4 is 10.2 Å². The van der Waals surface area contributed by atoms with Crippen LogP contribution in [0.1, 0.15) is 5.56 Å². The zero-order chi connectivity index (χ0) is 19.2. The lowest BCUT2D eigenvalue weighted by atomic mass is 10.1. The van der Waals surface area contributed by atoms with Crippen molar-refractivity contribution < 1.29 is 4.79 Å². The van der Waals surface area contributed by atoms with E-state index in [0.29, 0.717) is 12.3 Å². The molecule has 146 valence electrons. The summed E-state index contributed by atoms with van der Waals surface area (Å²) in [5.41, 5.74) is 1.95. The van der Waals surface area contributed by atoms with Gasteiger partial charge in [-0.1, -0.05) is 53.4 Å². The van der Waals surface area contributed by atoms with Crippen molar-refractivity contribution >= 4 is 56.2 Å². The van der Waals surface area contributed by atoms with Gasteiger partial charge in [0.15, 0.2) is 10.8 Å². The first-order valence-corrected chi connectivity index (χ1v) is 12.1. The number of carbonyl (C=O) groups excluding carboxylic acids is 1. The van der Waals surface area contributed by atoms with Crippen LogP contribution in [0, 0.1) is 0 Å². The highest BCUT2D eigenvalue weighted by Gasteiger charge is 2.18. The number of fused-ring (bicyclic) bond motifs is 1. The lowest BCUT2D eigenvalue weighted by Crippen LogP contribution is -2.32. The molecule has 1 aliphatic heterocycles. The van der Waals surface area contributed by atoms with Crippen molar-refractivity contribution in [1.29, 1.82) is 0 Å². The largest absolute Gasteiger partial charge is 0.355 e. The molecule has 0 spiro atoms. The van der Waals surface area contributed by atoms with E-state index in [2.05, 4.69) is 37.3 Å². The Bertz CT molecular complexity index is 928. The van der Waals surface area contributed by atoms with Crippen molar-refractivity contribution in [3.8, 4) is 0 Å². The molecule has 28 heavy (non-hydrogen) atoms. The number of benzene rings is 1. The van der Waals surface area contributed by atoms with Crippen LogP contribution in [0.3, 0.4) is 0 Å². The number of nitrogens with one attached hydrogen (secondary N) is 1. The average Bonchev–Trinajstić information content (AvgIpc) is 3.19. The molecule has 1 amide bonds. The van der Waals surface area contributed by atoms with Gasteiger partial charge in [0, 0.05) is 31.1 Å². The Kier molecular flexibility index (Phi) is 6.66. The molecule has 1 fully saturated rings. The number of thioether (sulfide) groups is 2. The number of hydrogen-bond donors (Lipinski definition) is 1. The van der Waals surface area contributed by atoms with Crippen molar-refractivity contribution in [3.63, 3.8) is 0 Å². The smallest absolute Gasteiger partial charge is 0.230 e. The third kappa shape index (κ3) is 4.95. The van der Waals surface area contributed by atoms with E-state index in [1.165, 1.54) is 23.7 Å². The highest BCUT2D eigenvalue weighted by atomic mass is 32.2. The molecule has 0 radical (unpaired) electrons. The van der Waals surface area contributed by atoms with Crippen LogP contribution in [-0.2, 0) is 11.2 Å². The normalized spacial score (nSPS) is 14.4. The molecule has 0 atom stereocenters. The molecule has 1 aromatic carbocycles. The van der Waals surface area contributed by atoms with Gasteiger partial charge in [-0.2, -0.15) is 16.7 Å². The number of hydrogen-bond acceptors (Lipinski definition) is 8. The summed E-state index contributed by atoms with van der Waals surface area (Å²) in [6.07, 6.45) is 2.37. The van der Waals surface area contributed by atoms with Crippen LogP contribution in [0.5, 0.6) is 0 Å². The second kappa shape index (κ2) is 9.58. The van der Waals surface area contributed by atoms with Crippen molar-refractivity contribution in [2.75, 3.05) is 41.8 Å². The molecule has 3 aromatic rings. The molecule has 0 saturated carbocycles. The Labute approximate surface area is 176 Å². The van der Waals surface area contributed by atoms with E-state index in [9.17, 15) is 4.79 Å². The summed E-state index contributed by atoms with van der Waals surface area (Å²) in [7, 11) is 0. The molecule has 3 heterocycles. The molecule has 1 N–H and O–H groups in total. The number of nitrogens with zero attached hydrogens (tertiary/aromatic N) is 4. The fraction of sp³-hybridized carbons (Fsp3) is 0.368. The van der Waals surface area contributed by atoms with Crippen LogP contribution >= 0.6 is 34.9 Å². The van der Waals surface area contributed by atoms with E-state index < -0.39 is 0 Å².